The first kappa shape index (κ1) is 15.0. The first-order valence-corrected chi connectivity index (χ1v) is 6.72. The van der Waals surface area contributed by atoms with E-state index in [9.17, 15) is 9.90 Å². The van der Waals surface area contributed by atoms with E-state index in [-0.39, 0.29) is 17.7 Å². The van der Waals surface area contributed by atoms with Crippen molar-refractivity contribution >= 4 is 22.5 Å². The highest BCUT2D eigenvalue weighted by Crippen LogP contribution is 2.16. The number of aliphatic hydroxyl groups excluding tert-OH is 1. The third-order valence-electron chi connectivity index (χ3n) is 3.52. The van der Waals surface area contributed by atoms with Crippen molar-refractivity contribution < 1.29 is 5.11 Å². The minimum atomic E-state index is -0.381. The topological polar surface area (TPSA) is 69.2 Å². The summed E-state index contributed by atoms with van der Waals surface area (Å²) < 4.78 is 0. The zero-order chi connectivity index (χ0) is 14.9. The summed E-state index contributed by atoms with van der Waals surface area (Å²) in [5.74, 6) is 0.564. The van der Waals surface area contributed by atoms with Gasteiger partial charge in [0, 0.05) is 10.6 Å². The third-order valence-corrected chi connectivity index (χ3v) is 3.76. The fourth-order valence-electron chi connectivity index (χ4n) is 1.79. The number of likely N-dealkylation sites (N-methyl/N-ethyl adjacent to an activating group) is 1. The van der Waals surface area contributed by atoms with Crippen molar-refractivity contribution in [3.05, 3.63) is 39.4 Å². The molecule has 0 amide bonds. The number of hydrogen-bond donors (Lipinski definition) is 2. The van der Waals surface area contributed by atoms with Crippen LogP contribution in [0.1, 0.15) is 19.7 Å². The molecule has 0 unspecified atom stereocenters. The van der Waals surface area contributed by atoms with Gasteiger partial charge in [-0.3, -0.25) is 9.69 Å². The lowest BCUT2D eigenvalue weighted by atomic mass is 10.1. The van der Waals surface area contributed by atoms with E-state index in [0.29, 0.717) is 28.3 Å². The Morgan fingerprint density at radius 3 is 2.80 bits per heavy atom. The summed E-state index contributed by atoms with van der Waals surface area (Å²) in [6.07, 6.45) is 0. The van der Waals surface area contributed by atoms with Crippen molar-refractivity contribution in [2.24, 2.45) is 0 Å². The van der Waals surface area contributed by atoms with Gasteiger partial charge in [0.2, 0.25) is 0 Å². The van der Waals surface area contributed by atoms with Crippen molar-refractivity contribution in [1.29, 1.82) is 0 Å². The van der Waals surface area contributed by atoms with E-state index in [1.165, 1.54) is 0 Å². The second-order valence-corrected chi connectivity index (χ2v) is 5.94. The summed E-state index contributed by atoms with van der Waals surface area (Å²) in [6, 6.07) is 5.04. The molecule has 2 N–H and O–H groups in total. The molecule has 6 heteroatoms. The van der Waals surface area contributed by atoms with E-state index in [1.807, 2.05) is 25.8 Å². The second-order valence-electron chi connectivity index (χ2n) is 5.50. The Bertz CT molecular complexity index is 682. The first-order chi connectivity index (χ1) is 9.33. The molecular weight excluding hydrogens is 278 g/mol. The molecule has 2 aromatic rings. The van der Waals surface area contributed by atoms with E-state index < -0.39 is 0 Å². The highest BCUT2D eigenvalue weighted by Gasteiger charge is 2.23. The number of nitrogens with zero attached hydrogens (tertiary/aromatic N) is 2. The molecule has 0 radical (unpaired) electrons. The standard InChI is InChI=1S/C14H18ClN3O2/c1-14(2,8-19)18(3)7-12-16-11-5-4-9(15)6-10(11)13(20)17-12/h4-6,19H,7-8H2,1-3H3,(H,16,17,20). The number of nitrogens with one attached hydrogen (secondary N) is 1. The Hall–Kier alpha value is -1.43. The van der Waals surface area contributed by atoms with Gasteiger partial charge in [0.15, 0.2) is 0 Å². The number of aliphatic hydroxyl groups is 1. The largest absolute Gasteiger partial charge is 0.394 e. The highest BCUT2D eigenvalue weighted by molar-refractivity contribution is 6.31. The molecule has 0 bridgehead atoms. The van der Waals surface area contributed by atoms with Gasteiger partial charge in [0.1, 0.15) is 5.82 Å². The van der Waals surface area contributed by atoms with Crippen molar-refractivity contribution in [2.45, 2.75) is 25.9 Å². The number of fused-ring (bicyclic) bond motifs is 1. The third kappa shape index (κ3) is 3.00. The van der Waals surface area contributed by atoms with E-state index in [2.05, 4.69) is 9.97 Å². The molecule has 20 heavy (non-hydrogen) atoms. The molecular formula is C14H18ClN3O2. The van der Waals surface area contributed by atoms with Gasteiger partial charge in [-0.15, -0.1) is 0 Å². The number of aromatic amines is 1. The molecule has 0 spiro atoms. The van der Waals surface area contributed by atoms with Crippen LogP contribution in [0.2, 0.25) is 5.02 Å². The molecule has 0 saturated carbocycles. The molecule has 0 aliphatic carbocycles. The average molecular weight is 296 g/mol. The summed E-state index contributed by atoms with van der Waals surface area (Å²) >= 11 is 5.88. The molecule has 5 nitrogen and oxygen atoms in total. The van der Waals surface area contributed by atoms with Crippen molar-refractivity contribution in [1.82, 2.24) is 14.9 Å². The van der Waals surface area contributed by atoms with Gasteiger partial charge >= 0.3 is 0 Å². The van der Waals surface area contributed by atoms with Gasteiger partial charge in [-0.25, -0.2) is 4.98 Å². The average Bonchev–Trinajstić information content (AvgIpc) is 2.39. The Morgan fingerprint density at radius 2 is 2.15 bits per heavy atom. The number of aromatic nitrogens is 2. The Labute approximate surface area is 122 Å². The zero-order valence-corrected chi connectivity index (χ0v) is 12.5. The number of H-pyrrole nitrogens is 1. The van der Waals surface area contributed by atoms with E-state index in [1.54, 1.807) is 18.2 Å². The van der Waals surface area contributed by atoms with E-state index >= 15 is 0 Å². The molecule has 0 aliphatic rings. The summed E-state index contributed by atoms with van der Waals surface area (Å²) in [7, 11) is 1.88. The molecule has 1 heterocycles. The lowest BCUT2D eigenvalue weighted by Crippen LogP contribution is -2.44. The van der Waals surface area contributed by atoms with Crippen LogP contribution in [-0.4, -0.2) is 39.2 Å². The number of hydrogen-bond acceptors (Lipinski definition) is 4. The van der Waals surface area contributed by atoms with Crippen molar-refractivity contribution in [2.75, 3.05) is 13.7 Å². The lowest BCUT2D eigenvalue weighted by Gasteiger charge is -2.33. The van der Waals surface area contributed by atoms with Gasteiger partial charge < -0.3 is 10.1 Å². The maximum absolute atomic E-state index is 12.0. The smallest absolute Gasteiger partial charge is 0.258 e. The molecule has 0 aliphatic heterocycles. The second kappa shape index (κ2) is 5.52. The van der Waals surface area contributed by atoms with Crippen LogP contribution in [0.5, 0.6) is 0 Å². The normalized spacial score (nSPS) is 12.3. The molecule has 0 atom stereocenters. The quantitative estimate of drug-likeness (QED) is 0.902. The first-order valence-electron chi connectivity index (χ1n) is 6.34. The monoisotopic (exact) mass is 295 g/mol. The van der Waals surface area contributed by atoms with E-state index in [0.717, 1.165) is 0 Å². The van der Waals surface area contributed by atoms with Gasteiger partial charge in [-0.1, -0.05) is 11.6 Å². The molecule has 0 saturated heterocycles. The molecule has 1 aromatic heterocycles. The van der Waals surface area contributed by atoms with Crippen LogP contribution in [0.15, 0.2) is 23.0 Å². The Morgan fingerprint density at radius 1 is 1.45 bits per heavy atom. The maximum Gasteiger partial charge on any atom is 0.258 e. The summed E-state index contributed by atoms with van der Waals surface area (Å²) in [5, 5.41) is 10.3. The number of rotatable bonds is 4. The maximum atomic E-state index is 12.0. The van der Waals surface area contributed by atoms with Crippen LogP contribution in [0.3, 0.4) is 0 Å². The van der Waals surface area contributed by atoms with Crippen LogP contribution >= 0.6 is 11.6 Å². The summed E-state index contributed by atoms with van der Waals surface area (Å²) in [4.78, 5) is 21.2. The minimum Gasteiger partial charge on any atom is -0.394 e. The van der Waals surface area contributed by atoms with Crippen LogP contribution in [-0.2, 0) is 6.54 Å². The Balaban J connectivity index is 2.37. The fraction of sp³-hybridized carbons (Fsp3) is 0.429. The van der Waals surface area contributed by atoms with Gasteiger partial charge in [0.25, 0.3) is 5.56 Å². The Kier molecular flexibility index (Phi) is 4.13. The molecule has 1 aromatic carbocycles. The predicted octanol–water partition coefficient (Wildman–Crippen LogP) is 1.78. The molecule has 0 fully saturated rings. The van der Waals surface area contributed by atoms with Gasteiger partial charge in [-0.2, -0.15) is 0 Å². The zero-order valence-electron chi connectivity index (χ0n) is 11.8. The fourth-order valence-corrected chi connectivity index (χ4v) is 1.97. The van der Waals surface area contributed by atoms with Crippen LogP contribution < -0.4 is 5.56 Å². The van der Waals surface area contributed by atoms with E-state index in [4.69, 9.17) is 11.6 Å². The lowest BCUT2D eigenvalue weighted by molar-refractivity contribution is 0.0714. The predicted molar refractivity (Wildman–Crippen MR) is 80.0 cm³/mol. The van der Waals surface area contributed by atoms with Crippen molar-refractivity contribution in [3.63, 3.8) is 0 Å². The van der Waals surface area contributed by atoms with Gasteiger partial charge in [0.05, 0.1) is 24.1 Å². The van der Waals surface area contributed by atoms with Crippen molar-refractivity contribution in [3.8, 4) is 0 Å². The minimum absolute atomic E-state index is 0.0247. The highest BCUT2D eigenvalue weighted by atomic mass is 35.5. The van der Waals surface area contributed by atoms with Crippen LogP contribution in [0.4, 0.5) is 0 Å². The molecule has 108 valence electrons. The van der Waals surface area contributed by atoms with Crippen LogP contribution in [0, 0.1) is 0 Å². The van der Waals surface area contributed by atoms with Crippen LogP contribution in [0.25, 0.3) is 10.9 Å². The summed E-state index contributed by atoms with van der Waals surface area (Å²) in [5.41, 5.74) is 0.0270. The SMILES string of the molecule is CN(Cc1nc2ccc(Cl)cc2c(=O)[nH]1)C(C)(C)CO. The molecule has 2 rings (SSSR count). The van der Waals surface area contributed by atoms with Gasteiger partial charge in [-0.05, 0) is 39.1 Å². The summed E-state index contributed by atoms with van der Waals surface area (Å²) in [6.45, 7) is 4.32. The number of halogens is 1. The number of benzene rings is 1.